The van der Waals surface area contributed by atoms with Gasteiger partial charge < -0.3 is 10.1 Å². The predicted molar refractivity (Wildman–Crippen MR) is 96.1 cm³/mol. The van der Waals surface area contributed by atoms with Crippen LogP contribution in [0.25, 0.3) is 0 Å². The van der Waals surface area contributed by atoms with Crippen LogP contribution in [0.2, 0.25) is 0 Å². The van der Waals surface area contributed by atoms with Gasteiger partial charge in [0.15, 0.2) is 0 Å². The van der Waals surface area contributed by atoms with Gasteiger partial charge in [-0.15, -0.1) is 0 Å². The van der Waals surface area contributed by atoms with E-state index in [1.54, 1.807) is 0 Å². The molecule has 3 rings (SSSR count). The van der Waals surface area contributed by atoms with E-state index in [4.69, 9.17) is 4.74 Å². The lowest BCUT2D eigenvalue weighted by Gasteiger charge is -2.21. The molecule has 1 heterocycles. The Labute approximate surface area is 149 Å². The number of hydrogen-bond donors (Lipinski definition) is 1. The monoisotopic (exact) mass is 473 g/mol. The fraction of sp³-hybridized carbons (Fsp3) is 0.250. The summed E-state index contributed by atoms with van der Waals surface area (Å²) in [5.74, 6) is 1.02. The van der Waals surface area contributed by atoms with Crippen molar-refractivity contribution < 1.29 is 4.74 Å². The van der Waals surface area contributed by atoms with Crippen LogP contribution in [-0.4, -0.2) is 13.7 Å². The van der Waals surface area contributed by atoms with Crippen molar-refractivity contribution in [2.45, 2.75) is 12.5 Å². The molecule has 1 atom stereocenters. The molecule has 0 saturated heterocycles. The first-order chi connectivity index (χ1) is 10.1. The highest BCUT2D eigenvalue weighted by molar-refractivity contribution is 9.11. The maximum absolute atomic E-state index is 5.87. The number of benzene rings is 2. The van der Waals surface area contributed by atoms with Crippen LogP contribution in [0.15, 0.2) is 43.7 Å². The Balaban J connectivity index is 2.12. The van der Waals surface area contributed by atoms with E-state index in [0.29, 0.717) is 0 Å². The van der Waals surface area contributed by atoms with Crippen LogP contribution in [0.4, 0.5) is 0 Å². The van der Waals surface area contributed by atoms with Crippen LogP contribution in [0.1, 0.15) is 22.7 Å². The molecule has 0 bridgehead atoms. The minimum atomic E-state index is 0.0862. The van der Waals surface area contributed by atoms with Crippen LogP contribution in [-0.2, 0) is 6.42 Å². The molecular formula is C16H14Br3NO. The van der Waals surface area contributed by atoms with Gasteiger partial charge in [-0.3, -0.25) is 0 Å². The van der Waals surface area contributed by atoms with Crippen LogP contribution in [0.5, 0.6) is 5.75 Å². The summed E-state index contributed by atoms with van der Waals surface area (Å²) in [5.41, 5.74) is 3.63. The van der Waals surface area contributed by atoms with Crippen LogP contribution in [0.3, 0.4) is 0 Å². The number of ether oxygens (including phenoxy) is 1. The van der Waals surface area contributed by atoms with Crippen LogP contribution in [0, 0.1) is 0 Å². The van der Waals surface area contributed by atoms with E-state index in [9.17, 15) is 0 Å². The van der Waals surface area contributed by atoms with Gasteiger partial charge >= 0.3 is 0 Å². The van der Waals surface area contributed by atoms with Crippen molar-refractivity contribution in [1.29, 1.82) is 0 Å². The molecule has 21 heavy (non-hydrogen) atoms. The van der Waals surface area contributed by atoms with Gasteiger partial charge in [0.25, 0.3) is 0 Å². The normalized spacial score (nSPS) is 14.7. The van der Waals surface area contributed by atoms with E-state index in [1.807, 2.05) is 13.1 Å². The van der Waals surface area contributed by atoms with Crippen molar-refractivity contribution in [3.05, 3.63) is 60.4 Å². The molecule has 0 saturated carbocycles. The zero-order valence-electron chi connectivity index (χ0n) is 11.4. The minimum Gasteiger partial charge on any atom is -0.493 e. The Morgan fingerprint density at radius 2 is 1.67 bits per heavy atom. The highest BCUT2D eigenvalue weighted by atomic mass is 79.9. The Bertz CT molecular complexity index is 667. The molecule has 0 aliphatic carbocycles. The summed E-state index contributed by atoms with van der Waals surface area (Å²) in [4.78, 5) is 0. The smallest absolute Gasteiger partial charge is 0.127 e. The summed E-state index contributed by atoms with van der Waals surface area (Å²) >= 11 is 10.7. The summed E-state index contributed by atoms with van der Waals surface area (Å²) in [6.45, 7) is 0.761. The summed E-state index contributed by atoms with van der Waals surface area (Å²) in [6, 6.07) is 10.7. The molecule has 0 spiro atoms. The highest BCUT2D eigenvalue weighted by Crippen LogP contribution is 2.39. The number of nitrogens with one attached hydrogen (secondary N) is 1. The first kappa shape index (κ1) is 15.5. The van der Waals surface area contributed by atoms with Gasteiger partial charge in [-0.1, -0.05) is 47.8 Å². The molecular weight excluding hydrogens is 462 g/mol. The summed E-state index contributed by atoms with van der Waals surface area (Å²) in [6.07, 6.45) is 0.973. The molecule has 0 radical (unpaired) electrons. The zero-order chi connectivity index (χ0) is 15.0. The molecule has 5 heteroatoms. The Kier molecular flexibility index (Phi) is 4.74. The lowest BCUT2D eigenvalue weighted by molar-refractivity contribution is 0.351. The summed E-state index contributed by atoms with van der Waals surface area (Å²) < 4.78 is 9.07. The van der Waals surface area contributed by atoms with Gasteiger partial charge in [0, 0.05) is 25.4 Å². The molecule has 2 aromatic carbocycles. The van der Waals surface area contributed by atoms with E-state index < -0.39 is 0 Å². The number of hydrogen-bond acceptors (Lipinski definition) is 2. The second kappa shape index (κ2) is 6.41. The topological polar surface area (TPSA) is 21.3 Å². The van der Waals surface area contributed by atoms with Crippen molar-refractivity contribution in [2.75, 3.05) is 13.7 Å². The van der Waals surface area contributed by atoms with E-state index in [1.165, 1.54) is 16.7 Å². The maximum atomic E-state index is 5.87. The Morgan fingerprint density at radius 1 is 1.00 bits per heavy atom. The van der Waals surface area contributed by atoms with Gasteiger partial charge in [0.1, 0.15) is 5.75 Å². The number of rotatable bonds is 3. The quantitative estimate of drug-likeness (QED) is 0.657. The number of halogens is 3. The number of fused-ring (bicyclic) bond motifs is 1. The zero-order valence-corrected chi connectivity index (χ0v) is 16.2. The van der Waals surface area contributed by atoms with E-state index in [2.05, 4.69) is 77.4 Å². The maximum Gasteiger partial charge on any atom is 0.127 e. The second-order valence-corrected chi connectivity index (χ2v) is 7.75. The third-order valence-corrected chi connectivity index (χ3v) is 4.97. The Hall–Kier alpha value is -0.360. The van der Waals surface area contributed by atoms with E-state index >= 15 is 0 Å². The SMILES string of the molecule is CNC(c1cc(Br)cc(Br)c1)c1cc(Br)cc2c1OCC2. The largest absolute Gasteiger partial charge is 0.493 e. The lowest BCUT2D eigenvalue weighted by Crippen LogP contribution is -2.18. The van der Waals surface area contributed by atoms with Crippen molar-refractivity contribution in [2.24, 2.45) is 0 Å². The van der Waals surface area contributed by atoms with Gasteiger partial charge in [0.2, 0.25) is 0 Å². The molecule has 2 aromatic rings. The molecule has 0 fully saturated rings. The fourth-order valence-corrected chi connectivity index (χ4v) is 4.61. The molecule has 1 aliphatic heterocycles. The predicted octanol–water partition coefficient (Wildman–Crippen LogP) is 5.22. The first-order valence-corrected chi connectivity index (χ1v) is 9.05. The summed E-state index contributed by atoms with van der Waals surface area (Å²) in [5, 5.41) is 3.40. The lowest BCUT2D eigenvalue weighted by atomic mass is 9.96. The molecule has 1 unspecified atom stereocenters. The van der Waals surface area contributed by atoms with Gasteiger partial charge in [-0.25, -0.2) is 0 Å². The summed E-state index contributed by atoms with van der Waals surface area (Å²) in [7, 11) is 1.97. The highest BCUT2D eigenvalue weighted by Gasteiger charge is 2.24. The van der Waals surface area contributed by atoms with Crippen molar-refractivity contribution in [3.8, 4) is 5.75 Å². The molecule has 2 nitrogen and oxygen atoms in total. The second-order valence-electron chi connectivity index (χ2n) is 5.01. The van der Waals surface area contributed by atoms with Crippen molar-refractivity contribution in [1.82, 2.24) is 5.32 Å². The van der Waals surface area contributed by atoms with Crippen LogP contribution < -0.4 is 10.1 Å². The molecule has 1 N–H and O–H groups in total. The molecule has 1 aliphatic rings. The van der Waals surface area contributed by atoms with E-state index in [0.717, 1.165) is 32.2 Å². The Morgan fingerprint density at radius 3 is 2.33 bits per heavy atom. The van der Waals surface area contributed by atoms with Gasteiger partial charge in [0.05, 0.1) is 12.6 Å². The molecule has 0 aromatic heterocycles. The average Bonchev–Trinajstić information content (AvgIpc) is 2.86. The third kappa shape index (κ3) is 3.21. The average molecular weight is 476 g/mol. The molecule has 110 valence electrons. The van der Waals surface area contributed by atoms with Crippen molar-refractivity contribution in [3.63, 3.8) is 0 Å². The third-order valence-electron chi connectivity index (χ3n) is 3.60. The minimum absolute atomic E-state index is 0.0862. The molecule has 0 amide bonds. The first-order valence-electron chi connectivity index (χ1n) is 6.67. The fourth-order valence-electron chi connectivity index (χ4n) is 2.76. The van der Waals surface area contributed by atoms with Crippen molar-refractivity contribution >= 4 is 47.8 Å². The van der Waals surface area contributed by atoms with Gasteiger partial charge in [-0.2, -0.15) is 0 Å². The van der Waals surface area contributed by atoms with E-state index in [-0.39, 0.29) is 6.04 Å². The van der Waals surface area contributed by atoms with Gasteiger partial charge in [-0.05, 0) is 48.5 Å². The van der Waals surface area contributed by atoms with Crippen LogP contribution >= 0.6 is 47.8 Å². The standard InChI is InChI=1S/C16H14Br3NO/c1-20-15(10-5-11(17)7-12(18)6-10)14-8-13(19)4-9-2-3-21-16(9)14/h4-8,15,20H,2-3H2,1H3.